The number of benzene rings is 9. The van der Waals surface area contributed by atoms with Gasteiger partial charge in [0, 0.05) is 38.2 Å². The zero-order valence-electron chi connectivity index (χ0n) is 35.8. The number of hydrogen-bond acceptors (Lipinski definition) is 1. The normalized spacial score (nSPS) is 11.7. The van der Waals surface area contributed by atoms with Gasteiger partial charge in [-0.2, -0.15) is 18.4 Å². The molecular weight excluding hydrogens is 822 g/mol. The zero-order valence-corrected chi connectivity index (χ0v) is 35.8. The van der Waals surface area contributed by atoms with Crippen LogP contribution in [0.2, 0.25) is 0 Å². The van der Waals surface area contributed by atoms with Crippen LogP contribution in [0.25, 0.3) is 104 Å². The molecule has 0 amide bonds. The maximum atomic E-state index is 14.0. The number of halogens is 3. The van der Waals surface area contributed by atoms with Crippen LogP contribution in [-0.2, 0) is 6.18 Å². The topological polar surface area (TPSA) is 38.0 Å². The predicted octanol–water partition coefficient (Wildman–Crippen LogP) is 16.6. The molecule has 7 heteroatoms. The van der Waals surface area contributed by atoms with E-state index >= 15 is 0 Å². The summed E-state index contributed by atoms with van der Waals surface area (Å²) < 4.78 is 46.3. The molecule has 0 bridgehead atoms. The van der Waals surface area contributed by atoms with E-state index in [1.54, 1.807) is 0 Å². The average molecular weight is 859 g/mol. The van der Waals surface area contributed by atoms with Gasteiger partial charge < -0.3 is 9.13 Å². The van der Waals surface area contributed by atoms with Crippen LogP contribution < -0.4 is 0 Å². The van der Waals surface area contributed by atoms with E-state index in [0.29, 0.717) is 16.7 Å². The first-order valence-corrected chi connectivity index (χ1v) is 21.6. The Balaban J connectivity index is 1.21. The van der Waals surface area contributed by atoms with Crippen molar-refractivity contribution >= 4 is 49.3 Å². The van der Waals surface area contributed by atoms with E-state index in [4.69, 9.17) is 6.57 Å². The first-order valence-electron chi connectivity index (χ1n) is 21.6. The molecule has 9 aromatic carbocycles. The lowest BCUT2D eigenvalue weighted by atomic mass is 9.94. The third-order valence-corrected chi connectivity index (χ3v) is 12.8. The van der Waals surface area contributed by atoms with Crippen LogP contribution in [0.3, 0.4) is 0 Å². The first-order chi connectivity index (χ1) is 32.1. The lowest BCUT2D eigenvalue weighted by Gasteiger charge is -2.20. The molecule has 0 saturated heterocycles. The molecule has 0 fully saturated rings. The summed E-state index contributed by atoms with van der Waals surface area (Å²) in [5.74, 6) is 0. The summed E-state index contributed by atoms with van der Waals surface area (Å²) in [6.07, 6.45) is -4.60. The highest BCUT2D eigenvalue weighted by Gasteiger charge is 2.31. The van der Waals surface area contributed by atoms with E-state index in [9.17, 15) is 18.4 Å². The van der Waals surface area contributed by atoms with E-state index in [0.717, 1.165) is 100 Å². The highest BCUT2D eigenvalue weighted by atomic mass is 19.4. The lowest BCUT2D eigenvalue weighted by molar-refractivity contribution is -0.137. The van der Waals surface area contributed by atoms with Crippen molar-refractivity contribution in [2.75, 3.05) is 0 Å². The average Bonchev–Trinajstić information content (AvgIpc) is 3.85. The summed E-state index contributed by atoms with van der Waals surface area (Å²) in [6, 6.07) is 63.8. The molecule has 11 aromatic rings. The Hall–Kier alpha value is -8.65. The second kappa shape index (κ2) is 15.6. The first kappa shape index (κ1) is 40.1. The Morgan fingerprint density at radius 3 is 1.42 bits per heavy atom. The van der Waals surface area contributed by atoms with Crippen molar-refractivity contribution in [3.63, 3.8) is 0 Å². The third kappa shape index (κ3) is 6.69. The van der Waals surface area contributed by atoms with Gasteiger partial charge in [0.1, 0.15) is 0 Å². The Morgan fingerprint density at radius 2 is 0.909 bits per heavy atom. The zero-order chi connectivity index (χ0) is 45.3. The fraction of sp³-hybridized carbons (Fsp3) is 0.0508. The van der Waals surface area contributed by atoms with Gasteiger partial charge in [0.2, 0.25) is 0 Å². The fourth-order valence-electron chi connectivity index (χ4n) is 9.49. The van der Waals surface area contributed by atoms with Crippen molar-refractivity contribution < 1.29 is 13.2 Å². The standard InChI is InChI=1S/C59H37F3N4/c1-36-12-17-39(18-13-36)41-22-28-55-50(31-41)46-8-4-6-10-53(46)65(55)57-30-38(35-63)16-25-48(57)49-26-21-43(45-27-24-44(59(60,61)62)34-52(45)64-3)33-58(49)66-54-11-7-5-9-47(54)51-32-42(23-29-56(51)66)40-19-14-37(2)15-20-40/h4-34H,1-2H3. The molecule has 66 heavy (non-hydrogen) atoms. The van der Waals surface area contributed by atoms with Crippen LogP contribution in [0.5, 0.6) is 0 Å². The highest BCUT2D eigenvalue weighted by Crippen LogP contribution is 2.45. The second-order valence-electron chi connectivity index (χ2n) is 16.8. The Kier molecular flexibility index (Phi) is 9.46. The quantitative estimate of drug-likeness (QED) is 0.154. The van der Waals surface area contributed by atoms with E-state index in [2.05, 4.69) is 143 Å². The molecular formula is C59H37F3N4. The van der Waals surface area contributed by atoms with Crippen LogP contribution in [0, 0.1) is 31.8 Å². The summed E-state index contributed by atoms with van der Waals surface area (Å²) in [7, 11) is 0. The van der Waals surface area contributed by atoms with Crippen LogP contribution in [0.15, 0.2) is 188 Å². The number of nitriles is 1. The molecule has 0 N–H and O–H groups in total. The Bertz CT molecular complexity index is 3840. The van der Waals surface area contributed by atoms with Gasteiger partial charge in [0.05, 0.1) is 51.6 Å². The molecule has 2 heterocycles. The minimum Gasteiger partial charge on any atom is -0.309 e. The largest absolute Gasteiger partial charge is 0.415 e. The molecule has 11 rings (SSSR count). The van der Waals surface area contributed by atoms with E-state index in [1.807, 2.05) is 60.7 Å². The maximum Gasteiger partial charge on any atom is 0.415 e. The van der Waals surface area contributed by atoms with Crippen molar-refractivity contribution in [2.45, 2.75) is 20.0 Å². The van der Waals surface area contributed by atoms with Crippen molar-refractivity contribution in [3.05, 3.63) is 222 Å². The number of hydrogen-bond donors (Lipinski definition) is 0. The van der Waals surface area contributed by atoms with E-state index in [1.165, 1.54) is 17.2 Å². The Morgan fingerprint density at radius 1 is 0.455 bits per heavy atom. The summed E-state index contributed by atoms with van der Waals surface area (Å²) in [5, 5.41) is 14.6. The molecule has 0 saturated carbocycles. The lowest BCUT2D eigenvalue weighted by Crippen LogP contribution is -2.04. The van der Waals surface area contributed by atoms with Crippen LogP contribution >= 0.6 is 0 Å². The summed E-state index contributed by atoms with van der Waals surface area (Å²) >= 11 is 0. The van der Waals surface area contributed by atoms with Crippen LogP contribution in [0.1, 0.15) is 22.3 Å². The minimum absolute atomic E-state index is 0.0946. The monoisotopic (exact) mass is 858 g/mol. The summed E-state index contributed by atoms with van der Waals surface area (Å²) in [6.45, 7) is 12.1. The predicted molar refractivity (Wildman–Crippen MR) is 262 cm³/mol. The number of aromatic nitrogens is 2. The molecule has 0 radical (unpaired) electrons. The molecule has 0 atom stereocenters. The Labute approximate surface area is 379 Å². The molecule has 2 aromatic heterocycles. The SMILES string of the molecule is [C-]#[N+]c1cc(C(F)(F)F)ccc1-c1ccc(-c2ccc(C#N)cc2-n2c3ccccc3c3cc(-c4ccc(C)cc4)ccc32)c(-n2c3ccccc3c3cc(-c4ccc(C)cc4)ccc32)c1. The summed E-state index contributed by atoms with van der Waals surface area (Å²) in [4.78, 5) is 3.60. The maximum absolute atomic E-state index is 14.0. The highest BCUT2D eigenvalue weighted by molar-refractivity contribution is 6.13. The molecule has 0 aliphatic rings. The van der Waals surface area contributed by atoms with E-state index < -0.39 is 11.7 Å². The number of para-hydroxylation sites is 2. The molecule has 0 aliphatic carbocycles. The van der Waals surface area contributed by atoms with Crippen LogP contribution in [-0.4, -0.2) is 9.13 Å². The number of aryl methyl sites for hydroxylation is 2. The fourth-order valence-corrected chi connectivity index (χ4v) is 9.49. The number of fused-ring (bicyclic) bond motifs is 6. The number of nitrogens with zero attached hydrogens (tertiary/aromatic N) is 4. The van der Waals surface area contributed by atoms with Crippen molar-refractivity contribution in [3.8, 4) is 62.0 Å². The van der Waals surface area contributed by atoms with Gasteiger partial charge in [0.25, 0.3) is 0 Å². The van der Waals surface area contributed by atoms with Gasteiger partial charge in [-0.05, 0) is 108 Å². The van der Waals surface area contributed by atoms with Gasteiger partial charge in [-0.25, -0.2) is 4.85 Å². The second-order valence-corrected chi connectivity index (χ2v) is 16.8. The number of rotatable bonds is 6. The van der Waals surface area contributed by atoms with E-state index in [-0.39, 0.29) is 5.69 Å². The molecule has 314 valence electrons. The molecule has 4 nitrogen and oxygen atoms in total. The van der Waals surface area contributed by atoms with Crippen molar-refractivity contribution in [1.82, 2.24) is 9.13 Å². The number of alkyl halides is 3. The van der Waals surface area contributed by atoms with Gasteiger partial charge in [-0.3, -0.25) is 0 Å². The molecule has 0 unspecified atom stereocenters. The van der Waals surface area contributed by atoms with Crippen LogP contribution in [0.4, 0.5) is 18.9 Å². The molecule has 0 aliphatic heterocycles. The minimum atomic E-state index is -4.60. The van der Waals surface area contributed by atoms with Crippen molar-refractivity contribution in [1.29, 1.82) is 5.26 Å². The van der Waals surface area contributed by atoms with Gasteiger partial charge in [-0.1, -0.05) is 139 Å². The smallest absolute Gasteiger partial charge is 0.309 e. The third-order valence-electron chi connectivity index (χ3n) is 12.8. The molecule has 0 spiro atoms. The van der Waals surface area contributed by atoms with Crippen molar-refractivity contribution in [2.24, 2.45) is 0 Å². The van der Waals surface area contributed by atoms with Gasteiger partial charge >= 0.3 is 6.18 Å². The summed E-state index contributed by atoms with van der Waals surface area (Å²) in [5.41, 5.74) is 14.2. The van der Waals surface area contributed by atoms with Gasteiger partial charge in [-0.15, -0.1) is 0 Å². The van der Waals surface area contributed by atoms with Gasteiger partial charge in [0.15, 0.2) is 5.69 Å².